The number of likely N-dealkylation sites (tertiary alicyclic amines) is 1. The summed E-state index contributed by atoms with van der Waals surface area (Å²) in [5.74, 6) is -0.256. The summed E-state index contributed by atoms with van der Waals surface area (Å²) in [4.78, 5) is 24.1. The highest BCUT2D eigenvalue weighted by Crippen LogP contribution is 2.11. The van der Waals surface area contributed by atoms with Crippen LogP contribution >= 0.6 is 0 Å². The molecule has 1 fully saturated rings. The molecular formula is C10H17NO3. The first-order valence-corrected chi connectivity index (χ1v) is 5.08. The predicted octanol–water partition coefficient (Wildman–Crippen LogP) is 0.952. The van der Waals surface area contributed by atoms with Gasteiger partial charge in [0.25, 0.3) is 0 Å². The van der Waals surface area contributed by atoms with Gasteiger partial charge in [-0.05, 0) is 12.8 Å². The fraction of sp³-hybridized carbons (Fsp3) is 0.800. The molecule has 80 valence electrons. The molecule has 0 radical (unpaired) electrons. The van der Waals surface area contributed by atoms with E-state index >= 15 is 0 Å². The van der Waals surface area contributed by atoms with Gasteiger partial charge < -0.3 is 9.64 Å². The third-order valence-electron chi connectivity index (χ3n) is 2.47. The van der Waals surface area contributed by atoms with E-state index < -0.39 is 0 Å². The molecule has 1 heterocycles. The minimum absolute atomic E-state index is 0.0788. The molecule has 0 N–H and O–H groups in total. The lowest BCUT2D eigenvalue weighted by molar-refractivity contribution is -0.147. The van der Waals surface area contributed by atoms with E-state index in [1.165, 1.54) is 7.11 Å². The molecule has 14 heavy (non-hydrogen) atoms. The van der Waals surface area contributed by atoms with Crippen molar-refractivity contribution in [2.45, 2.75) is 32.1 Å². The van der Waals surface area contributed by atoms with Crippen LogP contribution in [0.25, 0.3) is 0 Å². The predicted molar refractivity (Wildman–Crippen MR) is 51.7 cm³/mol. The molecule has 0 spiro atoms. The molecule has 0 aromatic heterocycles. The Balaban J connectivity index is 2.45. The van der Waals surface area contributed by atoms with Crippen molar-refractivity contribution in [1.29, 1.82) is 0 Å². The molecule has 0 atom stereocenters. The van der Waals surface area contributed by atoms with E-state index in [2.05, 4.69) is 4.74 Å². The first-order chi connectivity index (χ1) is 6.74. The second kappa shape index (κ2) is 5.62. The summed E-state index contributed by atoms with van der Waals surface area (Å²) in [5.41, 5.74) is 0. The minimum atomic E-state index is -0.334. The average Bonchev–Trinajstić information content (AvgIpc) is 2.17. The van der Waals surface area contributed by atoms with Gasteiger partial charge >= 0.3 is 5.97 Å². The summed E-state index contributed by atoms with van der Waals surface area (Å²) in [6.07, 6.45) is 4.76. The number of carbonyl (C=O) groups excluding carboxylic acids is 2. The zero-order valence-electron chi connectivity index (χ0n) is 8.62. The van der Waals surface area contributed by atoms with E-state index in [4.69, 9.17) is 0 Å². The van der Waals surface area contributed by atoms with Gasteiger partial charge in [0.2, 0.25) is 5.91 Å². The molecule has 0 bridgehead atoms. The van der Waals surface area contributed by atoms with Crippen LogP contribution in [0, 0.1) is 0 Å². The molecule has 0 aromatic carbocycles. The fourth-order valence-electron chi connectivity index (χ4n) is 1.60. The van der Waals surface area contributed by atoms with Crippen LogP contribution in [0.2, 0.25) is 0 Å². The van der Waals surface area contributed by atoms with Crippen molar-refractivity contribution in [2.24, 2.45) is 0 Å². The van der Waals surface area contributed by atoms with Crippen LogP contribution in [0.1, 0.15) is 32.1 Å². The van der Waals surface area contributed by atoms with Crippen LogP contribution < -0.4 is 0 Å². The Bertz CT molecular complexity index is 215. The first kappa shape index (κ1) is 11.0. The summed E-state index contributed by atoms with van der Waals surface area (Å²) in [7, 11) is 1.34. The molecule has 1 aliphatic rings. The van der Waals surface area contributed by atoms with E-state index in [-0.39, 0.29) is 18.4 Å². The van der Waals surface area contributed by atoms with Crippen molar-refractivity contribution in [2.75, 3.05) is 20.2 Å². The summed E-state index contributed by atoms with van der Waals surface area (Å²) >= 11 is 0. The number of amides is 1. The molecular weight excluding hydrogens is 182 g/mol. The van der Waals surface area contributed by atoms with Gasteiger partial charge in [0.15, 0.2) is 0 Å². The Morgan fingerprint density at radius 3 is 2.79 bits per heavy atom. The molecule has 0 aromatic rings. The second-order valence-electron chi connectivity index (χ2n) is 3.56. The Morgan fingerprint density at radius 2 is 2.07 bits per heavy atom. The van der Waals surface area contributed by atoms with Gasteiger partial charge in [-0.15, -0.1) is 0 Å². The van der Waals surface area contributed by atoms with Crippen molar-refractivity contribution in [3.8, 4) is 0 Å². The molecule has 1 aliphatic heterocycles. The summed E-state index contributed by atoms with van der Waals surface area (Å²) in [5, 5.41) is 0. The smallest absolute Gasteiger partial charge is 0.325 e. The standard InChI is InChI=1S/C10H17NO3/c1-14-10(13)8-11-7-5-3-2-4-6-9(11)12/h2-8H2,1H3. The lowest BCUT2D eigenvalue weighted by atomic mass is 10.1. The number of hydrogen-bond donors (Lipinski definition) is 0. The number of hydrogen-bond acceptors (Lipinski definition) is 3. The molecule has 1 saturated heterocycles. The zero-order valence-corrected chi connectivity index (χ0v) is 8.62. The summed E-state index contributed by atoms with van der Waals surface area (Å²) < 4.78 is 4.54. The number of methoxy groups -OCH3 is 1. The Hall–Kier alpha value is -1.06. The van der Waals surface area contributed by atoms with Crippen molar-refractivity contribution < 1.29 is 14.3 Å². The molecule has 4 heteroatoms. The monoisotopic (exact) mass is 199 g/mol. The third kappa shape index (κ3) is 3.36. The van der Waals surface area contributed by atoms with Gasteiger partial charge in [-0.1, -0.05) is 12.8 Å². The maximum Gasteiger partial charge on any atom is 0.325 e. The van der Waals surface area contributed by atoms with Crippen LogP contribution in [0.4, 0.5) is 0 Å². The minimum Gasteiger partial charge on any atom is -0.468 e. The third-order valence-corrected chi connectivity index (χ3v) is 2.47. The molecule has 1 amide bonds. The number of carbonyl (C=O) groups is 2. The Kier molecular flexibility index (Phi) is 4.43. The van der Waals surface area contributed by atoms with Gasteiger partial charge in [0.1, 0.15) is 6.54 Å². The van der Waals surface area contributed by atoms with Crippen LogP contribution in [0.3, 0.4) is 0 Å². The highest BCUT2D eigenvalue weighted by atomic mass is 16.5. The average molecular weight is 199 g/mol. The van der Waals surface area contributed by atoms with Crippen LogP contribution in [-0.2, 0) is 14.3 Å². The van der Waals surface area contributed by atoms with Gasteiger partial charge in [0.05, 0.1) is 7.11 Å². The topological polar surface area (TPSA) is 46.6 Å². The number of ether oxygens (including phenoxy) is 1. The fourth-order valence-corrected chi connectivity index (χ4v) is 1.60. The highest BCUT2D eigenvalue weighted by molar-refractivity contribution is 5.82. The number of esters is 1. The lowest BCUT2D eigenvalue weighted by Crippen LogP contribution is -2.37. The largest absolute Gasteiger partial charge is 0.468 e. The lowest BCUT2D eigenvalue weighted by Gasteiger charge is -2.23. The van der Waals surface area contributed by atoms with E-state index in [0.29, 0.717) is 13.0 Å². The Morgan fingerprint density at radius 1 is 1.36 bits per heavy atom. The van der Waals surface area contributed by atoms with E-state index in [1.807, 2.05) is 0 Å². The zero-order chi connectivity index (χ0) is 10.4. The quantitative estimate of drug-likeness (QED) is 0.622. The van der Waals surface area contributed by atoms with Gasteiger partial charge in [-0.2, -0.15) is 0 Å². The van der Waals surface area contributed by atoms with Gasteiger partial charge in [-0.25, -0.2) is 0 Å². The van der Waals surface area contributed by atoms with Crippen LogP contribution in [0.15, 0.2) is 0 Å². The normalized spacial score (nSPS) is 18.6. The first-order valence-electron chi connectivity index (χ1n) is 5.08. The van der Waals surface area contributed by atoms with Gasteiger partial charge in [0, 0.05) is 13.0 Å². The molecule has 0 unspecified atom stereocenters. The van der Waals surface area contributed by atoms with E-state index in [0.717, 1.165) is 25.7 Å². The van der Waals surface area contributed by atoms with E-state index in [9.17, 15) is 9.59 Å². The second-order valence-corrected chi connectivity index (χ2v) is 3.56. The maximum absolute atomic E-state index is 11.5. The van der Waals surface area contributed by atoms with Crippen LogP contribution in [-0.4, -0.2) is 37.0 Å². The SMILES string of the molecule is COC(=O)CN1CCCCCCC1=O. The van der Waals surface area contributed by atoms with Gasteiger partial charge in [-0.3, -0.25) is 9.59 Å². The molecule has 0 saturated carbocycles. The van der Waals surface area contributed by atoms with Crippen molar-refractivity contribution in [3.63, 3.8) is 0 Å². The van der Waals surface area contributed by atoms with E-state index in [1.54, 1.807) is 4.90 Å². The number of rotatable bonds is 2. The van der Waals surface area contributed by atoms with Crippen molar-refractivity contribution in [1.82, 2.24) is 4.90 Å². The van der Waals surface area contributed by atoms with Crippen molar-refractivity contribution >= 4 is 11.9 Å². The molecule has 1 rings (SSSR count). The van der Waals surface area contributed by atoms with Crippen molar-refractivity contribution in [3.05, 3.63) is 0 Å². The summed E-state index contributed by atoms with van der Waals surface area (Å²) in [6.45, 7) is 0.795. The number of nitrogens with zero attached hydrogens (tertiary/aromatic N) is 1. The Labute approximate surface area is 84.2 Å². The highest BCUT2D eigenvalue weighted by Gasteiger charge is 2.18. The van der Waals surface area contributed by atoms with Crippen LogP contribution in [0.5, 0.6) is 0 Å². The molecule has 0 aliphatic carbocycles. The molecule has 4 nitrogen and oxygen atoms in total. The maximum atomic E-state index is 11.5. The summed E-state index contributed by atoms with van der Waals surface area (Å²) in [6, 6.07) is 0.